The molecule has 0 spiro atoms. The second kappa shape index (κ2) is 9.58. The maximum absolute atomic E-state index is 12.6. The van der Waals surface area contributed by atoms with Crippen LogP contribution in [0.4, 0.5) is 11.4 Å². The molecule has 178 valence electrons. The van der Waals surface area contributed by atoms with Gasteiger partial charge in [-0.15, -0.1) is 0 Å². The molecule has 0 aromatic heterocycles. The van der Waals surface area contributed by atoms with Crippen LogP contribution in [0, 0.1) is 0 Å². The second-order valence-electron chi connectivity index (χ2n) is 7.95. The van der Waals surface area contributed by atoms with E-state index in [4.69, 9.17) is 0 Å². The summed E-state index contributed by atoms with van der Waals surface area (Å²) in [4.78, 5) is 34.0. The summed E-state index contributed by atoms with van der Waals surface area (Å²) >= 11 is 0. The molecule has 0 radical (unpaired) electrons. The van der Waals surface area contributed by atoms with Gasteiger partial charge in [0.05, 0.1) is 13.1 Å². The van der Waals surface area contributed by atoms with E-state index < -0.39 is 0 Å². The first-order valence-corrected chi connectivity index (χ1v) is 11.2. The van der Waals surface area contributed by atoms with Crippen molar-refractivity contribution in [3.05, 3.63) is 95.1 Å². The number of anilines is 2. The van der Waals surface area contributed by atoms with Crippen molar-refractivity contribution in [2.45, 2.75) is 0 Å². The van der Waals surface area contributed by atoms with E-state index in [-0.39, 0.29) is 17.5 Å². The van der Waals surface area contributed by atoms with Gasteiger partial charge >= 0.3 is 0 Å². The molecule has 2 heterocycles. The van der Waals surface area contributed by atoms with E-state index in [1.54, 1.807) is 24.3 Å². The van der Waals surface area contributed by atoms with E-state index in [0.29, 0.717) is 22.5 Å². The number of aliphatic imine (C=N–C) groups is 2. The lowest BCUT2D eigenvalue weighted by molar-refractivity contribution is 0.101. The highest BCUT2D eigenvalue weighted by Crippen LogP contribution is 2.15. The Morgan fingerprint density at radius 3 is 1.32 bits per heavy atom. The molecule has 4 N–H and O–H groups in total. The molecule has 3 aromatic rings. The van der Waals surface area contributed by atoms with Gasteiger partial charge in [-0.2, -0.15) is 0 Å². The maximum Gasteiger partial charge on any atom is 0.255 e. The van der Waals surface area contributed by atoms with Gasteiger partial charge in [-0.3, -0.25) is 19.6 Å². The molecule has 2 aliphatic rings. The average Bonchev–Trinajstić information content (AvgIpc) is 3.60. The first-order chi connectivity index (χ1) is 16.7. The summed E-state index contributed by atoms with van der Waals surface area (Å²) in [7, 11) is 0. The zero-order valence-corrected chi connectivity index (χ0v) is 18.5. The molecule has 0 atom stereocenters. The summed E-state index contributed by atoms with van der Waals surface area (Å²) < 4.78 is 0. The third-order valence-electron chi connectivity index (χ3n) is 5.59. The van der Waals surface area contributed by atoms with Crippen molar-refractivity contribution in [2.24, 2.45) is 9.98 Å². The number of carbonyl (C=O) groups is 2. The number of nitrogens with one attached hydrogen (secondary N) is 4. The monoisotopic (exact) mass is 460 g/mol. The van der Waals surface area contributed by atoms with Gasteiger partial charge in [0.1, 0.15) is 11.7 Å². The Morgan fingerprint density at radius 1 is 0.618 bits per heavy atom. The lowest BCUT2D eigenvalue weighted by Gasteiger charge is -2.09. The van der Waals surface area contributed by atoms with Crippen molar-refractivity contribution in [1.82, 2.24) is 10.6 Å². The maximum atomic E-state index is 12.6. The number of amidine groups is 2. The number of rotatable bonds is 6. The number of nitrogens with zero attached hydrogens (tertiary/aromatic N) is 2. The minimum absolute atomic E-state index is 0. The van der Waals surface area contributed by atoms with Crippen LogP contribution in [0.1, 0.15) is 37.5 Å². The molecule has 8 heteroatoms. The van der Waals surface area contributed by atoms with E-state index in [9.17, 15) is 9.59 Å². The fourth-order valence-corrected chi connectivity index (χ4v) is 3.78. The van der Waals surface area contributed by atoms with Gasteiger partial charge in [0.25, 0.3) is 11.8 Å². The van der Waals surface area contributed by atoms with E-state index in [1.165, 1.54) is 0 Å². The van der Waals surface area contributed by atoms with Crippen molar-refractivity contribution in [1.29, 1.82) is 0 Å². The topological polar surface area (TPSA) is 107 Å². The molecule has 3 aromatic carbocycles. The molecule has 2 amide bonds. The van der Waals surface area contributed by atoms with Gasteiger partial charge in [0, 0.05) is 52.4 Å². The van der Waals surface area contributed by atoms with Gasteiger partial charge in [-0.05, 0) is 72.8 Å². The van der Waals surface area contributed by atoms with E-state index in [1.807, 2.05) is 48.5 Å². The second-order valence-corrected chi connectivity index (χ2v) is 7.95. The Hall–Kier alpha value is -4.46. The minimum Gasteiger partial charge on any atom is -0.368 e. The standard InChI is InChI=1S/C26H24N6O2.4H2/c33-25(31-21-9-5-17(6-10-21)23-27-13-14-28-23)19-1-2-20(4-3-19)26(34)32-22-11-7-18(8-12-22)24-29-15-16-30-24;;;;/h1-12H,13-16H2,(H,27,28)(H,29,30)(H,31,33)(H,32,34);4*1H. The third-order valence-corrected chi connectivity index (χ3v) is 5.59. The van der Waals surface area contributed by atoms with Gasteiger partial charge in [-0.25, -0.2) is 0 Å². The number of hydrogen-bond acceptors (Lipinski definition) is 6. The smallest absolute Gasteiger partial charge is 0.255 e. The zero-order chi connectivity index (χ0) is 23.3. The zero-order valence-electron chi connectivity index (χ0n) is 18.5. The number of benzene rings is 3. The molecule has 0 bridgehead atoms. The number of carbonyl (C=O) groups excluding carboxylic acids is 2. The van der Waals surface area contributed by atoms with Gasteiger partial charge in [0.2, 0.25) is 0 Å². The van der Waals surface area contributed by atoms with Crippen LogP contribution in [-0.2, 0) is 0 Å². The number of amides is 2. The van der Waals surface area contributed by atoms with Crippen molar-refractivity contribution in [3.63, 3.8) is 0 Å². The number of hydrogen-bond donors (Lipinski definition) is 4. The molecule has 0 unspecified atom stereocenters. The highest BCUT2D eigenvalue weighted by Gasteiger charge is 2.12. The molecule has 0 saturated heterocycles. The predicted octanol–water partition coefficient (Wildman–Crippen LogP) is 3.87. The molecule has 2 aliphatic heterocycles. The van der Waals surface area contributed by atoms with E-state index in [0.717, 1.165) is 49.0 Å². The molecule has 5 rings (SSSR count). The summed E-state index contributed by atoms with van der Waals surface area (Å²) in [6, 6.07) is 21.6. The van der Waals surface area contributed by atoms with Crippen LogP contribution >= 0.6 is 0 Å². The Morgan fingerprint density at radius 2 is 1.00 bits per heavy atom. The summed E-state index contributed by atoms with van der Waals surface area (Å²) in [5.41, 5.74) is 4.30. The largest absolute Gasteiger partial charge is 0.368 e. The average molecular weight is 461 g/mol. The van der Waals surface area contributed by atoms with Crippen LogP contribution in [0.2, 0.25) is 0 Å². The Bertz CT molecular complexity index is 1180. The molecular weight excluding hydrogens is 428 g/mol. The lowest BCUT2D eigenvalue weighted by atomic mass is 10.1. The Kier molecular flexibility index (Phi) is 6.03. The van der Waals surface area contributed by atoms with Gasteiger partial charge in [-0.1, -0.05) is 0 Å². The van der Waals surface area contributed by atoms with Crippen LogP contribution in [-0.4, -0.2) is 49.7 Å². The molecule has 8 nitrogen and oxygen atoms in total. The normalized spacial score (nSPS) is 14.5. The Balaban J connectivity index is 0.00000180. The highest BCUT2D eigenvalue weighted by molar-refractivity contribution is 6.08. The summed E-state index contributed by atoms with van der Waals surface area (Å²) in [5, 5.41) is 12.2. The van der Waals surface area contributed by atoms with Crippen LogP contribution in [0.5, 0.6) is 0 Å². The van der Waals surface area contributed by atoms with Crippen molar-refractivity contribution in [3.8, 4) is 0 Å². The predicted molar refractivity (Wildman–Crippen MR) is 143 cm³/mol. The Labute approximate surface area is 203 Å². The van der Waals surface area contributed by atoms with Crippen molar-refractivity contribution >= 4 is 34.9 Å². The van der Waals surface area contributed by atoms with E-state index in [2.05, 4.69) is 31.3 Å². The van der Waals surface area contributed by atoms with Crippen LogP contribution in [0.15, 0.2) is 82.8 Å². The lowest BCUT2D eigenvalue weighted by Crippen LogP contribution is -2.19. The summed E-state index contributed by atoms with van der Waals surface area (Å²) in [5.74, 6) is 1.27. The van der Waals surface area contributed by atoms with Crippen LogP contribution < -0.4 is 21.3 Å². The quantitative estimate of drug-likeness (QED) is 0.448. The molecule has 34 heavy (non-hydrogen) atoms. The first-order valence-electron chi connectivity index (χ1n) is 11.2. The molecule has 0 saturated carbocycles. The minimum atomic E-state index is -0.241. The first kappa shape index (κ1) is 21.4. The molecular formula is C26H32N6O2. The van der Waals surface area contributed by atoms with Gasteiger partial charge in [0.15, 0.2) is 0 Å². The van der Waals surface area contributed by atoms with Crippen LogP contribution in [0.3, 0.4) is 0 Å². The van der Waals surface area contributed by atoms with Crippen molar-refractivity contribution < 1.29 is 15.3 Å². The highest BCUT2D eigenvalue weighted by atomic mass is 16.2. The molecule has 0 fully saturated rings. The fourth-order valence-electron chi connectivity index (χ4n) is 3.78. The summed E-state index contributed by atoms with van der Waals surface area (Å²) in [6.45, 7) is 3.26. The van der Waals surface area contributed by atoms with Crippen molar-refractivity contribution in [2.75, 3.05) is 36.8 Å². The SMILES string of the molecule is O=C(Nc1ccc(C2=NCCN2)cc1)c1ccc(C(=O)Nc2ccc(C3=NCCN3)cc2)cc1.[HH].[HH].[HH].[HH]. The van der Waals surface area contributed by atoms with Crippen LogP contribution in [0.25, 0.3) is 0 Å². The summed E-state index contributed by atoms with van der Waals surface area (Å²) in [6.07, 6.45) is 0. The van der Waals surface area contributed by atoms with E-state index >= 15 is 0 Å². The fraction of sp³-hybridized carbons (Fsp3) is 0.154. The third kappa shape index (κ3) is 4.80. The van der Waals surface area contributed by atoms with Gasteiger partial charge < -0.3 is 21.3 Å². The molecule has 0 aliphatic carbocycles.